The average Bonchev–Trinajstić information content (AvgIpc) is 2.61. The number of halogens is 4. The van der Waals surface area contributed by atoms with Gasteiger partial charge in [-0.3, -0.25) is 0 Å². The second kappa shape index (κ2) is 9.38. The second-order valence-electron chi connectivity index (χ2n) is 6.13. The van der Waals surface area contributed by atoms with Gasteiger partial charge in [0.1, 0.15) is 11.9 Å². The summed E-state index contributed by atoms with van der Waals surface area (Å²) >= 11 is 0. The fraction of sp³-hybridized carbons (Fsp3) is 0.444. The third kappa shape index (κ3) is 8.10. The summed E-state index contributed by atoms with van der Waals surface area (Å²) in [5, 5.41) is 2.37. The van der Waals surface area contributed by atoms with Crippen molar-refractivity contribution in [3.8, 4) is 0 Å². The number of alkyl carbamates (subject to hydrolysis) is 1. The zero-order valence-electron chi connectivity index (χ0n) is 14.3. The SMILES string of the molecule is O=C(C=Cc1ccc(F)cc1)OC1CCC(NC(=O)OCC(F)(F)F)CC1. The van der Waals surface area contributed by atoms with Crippen LogP contribution in [0.5, 0.6) is 0 Å². The van der Waals surface area contributed by atoms with Gasteiger partial charge in [-0.25, -0.2) is 14.0 Å². The number of nitrogens with one attached hydrogen (secondary N) is 1. The third-order valence-electron chi connectivity index (χ3n) is 3.93. The molecule has 0 aromatic heterocycles. The highest BCUT2D eigenvalue weighted by Gasteiger charge is 2.30. The number of carbonyl (C=O) groups excluding carboxylic acids is 2. The predicted octanol–water partition coefficient (Wildman–Crippen LogP) is 3.98. The molecule has 0 heterocycles. The van der Waals surface area contributed by atoms with Crippen LogP contribution in [-0.4, -0.2) is 37.0 Å². The Kier molecular flexibility index (Phi) is 7.20. The number of hydrogen-bond acceptors (Lipinski definition) is 4. The van der Waals surface area contributed by atoms with Gasteiger partial charge in [0.05, 0.1) is 0 Å². The highest BCUT2D eigenvalue weighted by molar-refractivity contribution is 5.87. The lowest BCUT2D eigenvalue weighted by Crippen LogP contribution is -2.40. The fourth-order valence-corrected chi connectivity index (χ4v) is 2.62. The Morgan fingerprint density at radius 2 is 1.74 bits per heavy atom. The molecule has 0 spiro atoms. The van der Waals surface area contributed by atoms with Crippen LogP contribution in [0.1, 0.15) is 31.2 Å². The van der Waals surface area contributed by atoms with Crippen LogP contribution >= 0.6 is 0 Å². The number of hydrogen-bond donors (Lipinski definition) is 1. The van der Waals surface area contributed by atoms with Crippen molar-refractivity contribution in [1.82, 2.24) is 5.32 Å². The Morgan fingerprint density at radius 3 is 2.33 bits per heavy atom. The quantitative estimate of drug-likeness (QED) is 0.470. The Balaban J connectivity index is 1.68. The number of alkyl halides is 3. The van der Waals surface area contributed by atoms with E-state index in [0.717, 1.165) is 0 Å². The maximum Gasteiger partial charge on any atom is 0.422 e. The van der Waals surface area contributed by atoms with E-state index in [9.17, 15) is 27.2 Å². The molecule has 1 aliphatic carbocycles. The lowest BCUT2D eigenvalue weighted by Gasteiger charge is -2.28. The van der Waals surface area contributed by atoms with Crippen molar-refractivity contribution in [2.75, 3.05) is 6.61 Å². The first kappa shape index (κ1) is 20.7. The van der Waals surface area contributed by atoms with Crippen molar-refractivity contribution in [3.63, 3.8) is 0 Å². The molecular formula is C18H19F4NO4. The molecule has 9 heteroatoms. The van der Waals surface area contributed by atoms with Gasteiger partial charge in [0.25, 0.3) is 0 Å². The number of amides is 1. The van der Waals surface area contributed by atoms with E-state index in [1.165, 1.54) is 36.4 Å². The van der Waals surface area contributed by atoms with E-state index in [4.69, 9.17) is 4.74 Å². The molecule has 0 unspecified atom stereocenters. The minimum absolute atomic E-state index is 0.324. The minimum Gasteiger partial charge on any atom is -0.459 e. The summed E-state index contributed by atoms with van der Waals surface area (Å²) in [7, 11) is 0. The minimum atomic E-state index is -4.56. The zero-order chi connectivity index (χ0) is 19.9. The van der Waals surface area contributed by atoms with E-state index in [2.05, 4.69) is 10.1 Å². The summed E-state index contributed by atoms with van der Waals surface area (Å²) in [4.78, 5) is 23.1. The van der Waals surface area contributed by atoms with Crippen molar-refractivity contribution in [1.29, 1.82) is 0 Å². The van der Waals surface area contributed by atoms with E-state index in [1.807, 2.05) is 0 Å². The molecule has 1 N–H and O–H groups in total. The maximum atomic E-state index is 12.8. The lowest BCUT2D eigenvalue weighted by atomic mass is 9.93. The first-order valence-electron chi connectivity index (χ1n) is 8.35. The fourth-order valence-electron chi connectivity index (χ4n) is 2.62. The van der Waals surface area contributed by atoms with Gasteiger partial charge < -0.3 is 14.8 Å². The lowest BCUT2D eigenvalue weighted by molar-refractivity contribution is -0.160. The largest absolute Gasteiger partial charge is 0.459 e. The average molecular weight is 389 g/mol. The molecule has 0 atom stereocenters. The Bertz CT molecular complexity index is 665. The molecular weight excluding hydrogens is 370 g/mol. The molecule has 1 aromatic rings. The summed E-state index contributed by atoms with van der Waals surface area (Å²) in [5.74, 6) is -0.914. The second-order valence-corrected chi connectivity index (χ2v) is 6.13. The van der Waals surface area contributed by atoms with Crippen LogP contribution < -0.4 is 5.32 Å². The van der Waals surface area contributed by atoms with Gasteiger partial charge in [-0.15, -0.1) is 0 Å². The van der Waals surface area contributed by atoms with Crippen LogP contribution in [0.25, 0.3) is 6.08 Å². The number of esters is 1. The molecule has 5 nitrogen and oxygen atoms in total. The van der Waals surface area contributed by atoms with Gasteiger partial charge in [-0.1, -0.05) is 12.1 Å². The Hall–Kier alpha value is -2.58. The Morgan fingerprint density at radius 1 is 1.11 bits per heavy atom. The highest BCUT2D eigenvalue weighted by Crippen LogP contribution is 2.22. The standard InChI is InChI=1S/C18H19F4NO4/c19-13-4-1-12(2-5-13)3-10-16(24)27-15-8-6-14(7-9-15)23-17(25)26-11-18(20,21)22/h1-5,10,14-15H,6-9,11H2,(H,23,25). The summed E-state index contributed by atoms with van der Waals surface area (Å²) in [5.41, 5.74) is 0.652. The molecule has 0 saturated heterocycles. The zero-order valence-corrected chi connectivity index (χ0v) is 14.3. The molecule has 1 aromatic carbocycles. The van der Waals surface area contributed by atoms with Gasteiger partial charge in [0.2, 0.25) is 0 Å². The van der Waals surface area contributed by atoms with Crippen LogP contribution in [-0.2, 0) is 14.3 Å². The summed E-state index contributed by atoms with van der Waals surface area (Å²) in [6.07, 6.45) is -1.40. The van der Waals surface area contributed by atoms with E-state index in [0.29, 0.717) is 31.2 Å². The van der Waals surface area contributed by atoms with Gasteiger partial charge in [0, 0.05) is 12.1 Å². The molecule has 1 saturated carbocycles. The molecule has 1 aliphatic rings. The normalized spacial score (nSPS) is 20.3. The van der Waals surface area contributed by atoms with E-state index in [1.54, 1.807) is 0 Å². The molecule has 1 amide bonds. The number of rotatable bonds is 5. The van der Waals surface area contributed by atoms with Gasteiger partial charge >= 0.3 is 18.2 Å². The van der Waals surface area contributed by atoms with Crippen molar-refractivity contribution in [2.24, 2.45) is 0 Å². The number of carbonyl (C=O) groups is 2. The molecule has 0 aliphatic heterocycles. The van der Waals surface area contributed by atoms with Crippen molar-refractivity contribution in [3.05, 3.63) is 41.7 Å². The van der Waals surface area contributed by atoms with Crippen LogP contribution in [0.15, 0.2) is 30.3 Å². The number of ether oxygens (including phenoxy) is 2. The van der Waals surface area contributed by atoms with Crippen molar-refractivity contribution < 1.29 is 36.6 Å². The first-order chi connectivity index (χ1) is 12.7. The topological polar surface area (TPSA) is 64.6 Å². The van der Waals surface area contributed by atoms with Crippen molar-refractivity contribution in [2.45, 2.75) is 44.0 Å². The van der Waals surface area contributed by atoms with Crippen LogP contribution in [0.3, 0.4) is 0 Å². The van der Waals surface area contributed by atoms with Gasteiger partial charge in [-0.2, -0.15) is 13.2 Å². The molecule has 1 fully saturated rings. The van der Waals surface area contributed by atoms with Gasteiger partial charge in [0.15, 0.2) is 6.61 Å². The van der Waals surface area contributed by atoms with E-state index in [-0.39, 0.29) is 18.0 Å². The van der Waals surface area contributed by atoms with Crippen LogP contribution in [0.4, 0.5) is 22.4 Å². The van der Waals surface area contributed by atoms with E-state index >= 15 is 0 Å². The third-order valence-corrected chi connectivity index (χ3v) is 3.93. The summed E-state index contributed by atoms with van der Waals surface area (Å²) in [6.45, 7) is -1.63. The molecule has 0 bridgehead atoms. The molecule has 0 radical (unpaired) electrons. The summed E-state index contributed by atoms with van der Waals surface area (Å²) < 4.78 is 58.1. The van der Waals surface area contributed by atoms with Crippen molar-refractivity contribution >= 4 is 18.1 Å². The van der Waals surface area contributed by atoms with E-state index < -0.39 is 24.8 Å². The highest BCUT2D eigenvalue weighted by atomic mass is 19.4. The molecule has 2 rings (SSSR count). The monoisotopic (exact) mass is 389 g/mol. The van der Waals surface area contributed by atoms with Gasteiger partial charge in [-0.05, 0) is 49.5 Å². The molecule has 148 valence electrons. The maximum absolute atomic E-state index is 12.8. The van der Waals surface area contributed by atoms with Crippen LogP contribution in [0, 0.1) is 5.82 Å². The number of benzene rings is 1. The van der Waals surface area contributed by atoms with Crippen LogP contribution in [0.2, 0.25) is 0 Å². The summed E-state index contributed by atoms with van der Waals surface area (Å²) in [6, 6.07) is 5.27. The molecule has 27 heavy (non-hydrogen) atoms. The predicted molar refractivity (Wildman–Crippen MR) is 88.1 cm³/mol. The first-order valence-corrected chi connectivity index (χ1v) is 8.35. The smallest absolute Gasteiger partial charge is 0.422 e. The Labute approximate surface area is 153 Å².